The number of halogens is 2. The van der Waals surface area contributed by atoms with E-state index in [9.17, 15) is 13.6 Å². The van der Waals surface area contributed by atoms with Crippen molar-refractivity contribution < 1.29 is 18.3 Å². The highest BCUT2D eigenvalue weighted by molar-refractivity contribution is 5.93. The Labute approximate surface area is 120 Å². The maximum Gasteiger partial charge on any atom is 0.243 e. The van der Waals surface area contributed by atoms with Crippen LogP contribution in [-0.2, 0) is 4.79 Å². The summed E-state index contributed by atoms with van der Waals surface area (Å²) in [5, 5.41) is 5.25. The van der Waals surface area contributed by atoms with Crippen LogP contribution in [0.1, 0.15) is 0 Å². The minimum atomic E-state index is -0.743. The fourth-order valence-electron chi connectivity index (χ4n) is 1.69. The number of carbonyl (C=O) groups excluding carboxylic acids is 1. The molecule has 0 heterocycles. The standard InChI is InChI=1S/C15H14F2N2O2/c1-21-12-5-3-11(4-6-12)19-15(20)9-18-14-7-2-10(16)8-13(14)17/h2-8,18H,9H2,1H3,(H,19,20). The van der Waals surface area contributed by atoms with Gasteiger partial charge in [-0.25, -0.2) is 8.78 Å². The van der Waals surface area contributed by atoms with Crippen LogP contribution >= 0.6 is 0 Å². The van der Waals surface area contributed by atoms with Gasteiger partial charge in [-0.2, -0.15) is 0 Å². The van der Waals surface area contributed by atoms with Gasteiger partial charge in [-0.3, -0.25) is 4.79 Å². The van der Waals surface area contributed by atoms with Gasteiger partial charge in [0.2, 0.25) is 5.91 Å². The van der Waals surface area contributed by atoms with Gasteiger partial charge in [-0.15, -0.1) is 0 Å². The van der Waals surface area contributed by atoms with Crippen molar-refractivity contribution in [3.8, 4) is 5.75 Å². The molecule has 0 saturated carbocycles. The summed E-state index contributed by atoms with van der Waals surface area (Å²) in [6, 6.07) is 9.91. The van der Waals surface area contributed by atoms with E-state index in [-0.39, 0.29) is 18.1 Å². The molecule has 0 fully saturated rings. The molecule has 4 nitrogen and oxygen atoms in total. The second-order valence-corrected chi connectivity index (χ2v) is 4.25. The summed E-state index contributed by atoms with van der Waals surface area (Å²) >= 11 is 0. The number of hydrogen-bond acceptors (Lipinski definition) is 3. The van der Waals surface area contributed by atoms with E-state index in [1.165, 1.54) is 6.07 Å². The highest BCUT2D eigenvalue weighted by Gasteiger charge is 2.06. The number of carbonyl (C=O) groups is 1. The number of nitrogens with one attached hydrogen (secondary N) is 2. The second-order valence-electron chi connectivity index (χ2n) is 4.25. The van der Waals surface area contributed by atoms with Crippen LogP contribution in [0.25, 0.3) is 0 Å². The van der Waals surface area contributed by atoms with Crippen molar-refractivity contribution in [2.24, 2.45) is 0 Å². The molecule has 110 valence electrons. The van der Waals surface area contributed by atoms with Crippen LogP contribution in [0.4, 0.5) is 20.2 Å². The smallest absolute Gasteiger partial charge is 0.243 e. The van der Waals surface area contributed by atoms with Crippen LogP contribution in [0.15, 0.2) is 42.5 Å². The molecule has 0 atom stereocenters. The molecule has 0 aliphatic heterocycles. The zero-order valence-electron chi connectivity index (χ0n) is 11.3. The Morgan fingerprint density at radius 2 is 1.86 bits per heavy atom. The maximum absolute atomic E-state index is 13.4. The molecule has 0 aliphatic carbocycles. The normalized spacial score (nSPS) is 10.0. The van der Waals surface area contributed by atoms with E-state index in [0.717, 1.165) is 12.1 Å². The number of benzene rings is 2. The molecule has 21 heavy (non-hydrogen) atoms. The average molecular weight is 292 g/mol. The van der Waals surface area contributed by atoms with Crippen molar-refractivity contribution in [1.29, 1.82) is 0 Å². The van der Waals surface area contributed by atoms with Gasteiger partial charge in [0.05, 0.1) is 19.3 Å². The fourth-order valence-corrected chi connectivity index (χ4v) is 1.69. The maximum atomic E-state index is 13.4. The Balaban J connectivity index is 1.89. The molecule has 2 rings (SSSR count). The minimum Gasteiger partial charge on any atom is -0.497 e. The minimum absolute atomic E-state index is 0.0706. The van der Waals surface area contributed by atoms with E-state index in [1.807, 2.05) is 0 Å². The lowest BCUT2D eigenvalue weighted by molar-refractivity contribution is -0.114. The van der Waals surface area contributed by atoms with Crippen LogP contribution in [-0.4, -0.2) is 19.6 Å². The third-order valence-electron chi connectivity index (χ3n) is 2.74. The van der Waals surface area contributed by atoms with Crippen LogP contribution in [0.2, 0.25) is 0 Å². The average Bonchev–Trinajstić information content (AvgIpc) is 2.47. The van der Waals surface area contributed by atoms with E-state index in [2.05, 4.69) is 10.6 Å². The van der Waals surface area contributed by atoms with Crippen molar-refractivity contribution >= 4 is 17.3 Å². The zero-order chi connectivity index (χ0) is 15.2. The zero-order valence-corrected chi connectivity index (χ0v) is 11.3. The molecule has 0 aliphatic rings. The molecular weight excluding hydrogens is 278 g/mol. The first-order valence-corrected chi connectivity index (χ1v) is 6.21. The lowest BCUT2D eigenvalue weighted by Gasteiger charge is -2.09. The largest absolute Gasteiger partial charge is 0.497 e. The van der Waals surface area contributed by atoms with E-state index in [0.29, 0.717) is 11.4 Å². The van der Waals surface area contributed by atoms with Gasteiger partial charge in [0.15, 0.2) is 0 Å². The predicted octanol–water partition coefficient (Wildman–Crippen LogP) is 3.02. The van der Waals surface area contributed by atoms with Gasteiger partial charge >= 0.3 is 0 Å². The summed E-state index contributed by atoms with van der Waals surface area (Å²) in [4.78, 5) is 11.7. The van der Waals surface area contributed by atoms with Gasteiger partial charge in [-0.1, -0.05) is 0 Å². The van der Waals surface area contributed by atoms with Crippen LogP contribution in [0.3, 0.4) is 0 Å². The molecule has 0 aromatic heterocycles. The quantitative estimate of drug-likeness (QED) is 0.890. The molecule has 0 unspecified atom stereocenters. The predicted molar refractivity (Wildman–Crippen MR) is 76.5 cm³/mol. The fraction of sp³-hybridized carbons (Fsp3) is 0.133. The molecule has 2 aromatic carbocycles. The number of methoxy groups -OCH3 is 1. The summed E-state index contributed by atoms with van der Waals surface area (Å²) in [6.45, 7) is -0.130. The SMILES string of the molecule is COc1ccc(NC(=O)CNc2ccc(F)cc2F)cc1. The molecular formula is C15H14F2N2O2. The first kappa shape index (κ1) is 14.8. The lowest BCUT2D eigenvalue weighted by Crippen LogP contribution is -2.22. The first-order valence-electron chi connectivity index (χ1n) is 6.21. The second kappa shape index (κ2) is 6.69. The van der Waals surface area contributed by atoms with Gasteiger partial charge in [-0.05, 0) is 36.4 Å². The highest BCUT2D eigenvalue weighted by atomic mass is 19.1. The Bertz CT molecular complexity index is 630. The Hall–Kier alpha value is -2.63. The molecule has 6 heteroatoms. The number of hydrogen-bond donors (Lipinski definition) is 2. The number of rotatable bonds is 5. The number of anilines is 2. The van der Waals surface area contributed by atoms with Crippen molar-refractivity contribution in [3.63, 3.8) is 0 Å². The monoisotopic (exact) mass is 292 g/mol. The van der Waals surface area contributed by atoms with Gasteiger partial charge in [0.1, 0.15) is 17.4 Å². The topological polar surface area (TPSA) is 50.4 Å². The molecule has 2 aromatic rings. The summed E-state index contributed by atoms with van der Waals surface area (Å²) in [5.74, 6) is -1.07. The van der Waals surface area contributed by atoms with Crippen molar-refractivity contribution in [2.75, 3.05) is 24.3 Å². The molecule has 0 saturated heterocycles. The van der Waals surface area contributed by atoms with Crippen LogP contribution in [0, 0.1) is 11.6 Å². The van der Waals surface area contributed by atoms with Crippen molar-refractivity contribution in [2.45, 2.75) is 0 Å². The third-order valence-corrected chi connectivity index (χ3v) is 2.74. The molecule has 0 spiro atoms. The Morgan fingerprint density at radius 1 is 1.14 bits per heavy atom. The Kier molecular flexibility index (Phi) is 4.71. The number of ether oxygens (including phenoxy) is 1. The Morgan fingerprint density at radius 3 is 2.48 bits per heavy atom. The van der Waals surface area contributed by atoms with E-state index >= 15 is 0 Å². The summed E-state index contributed by atoms with van der Waals surface area (Å²) in [5.41, 5.74) is 0.670. The van der Waals surface area contributed by atoms with Crippen molar-refractivity contribution in [1.82, 2.24) is 0 Å². The summed E-state index contributed by atoms with van der Waals surface area (Å²) in [6.07, 6.45) is 0. The first-order chi connectivity index (χ1) is 10.1. The lowest BCUT2D eigenvalue weighted by atomic mass is 10.3. The number of amides is 1. The summed E-state index contributed by atoms with van der Waals surface area (Å²) < 4.78 is 31.1. The van der Waals surface area contributed by atoms with Crippen molar-refractivity contribution in [3.05, 3.63) is 54.1 Å². The van der Waals surface area contributed by atoms with E-state index in [4.69, 9.17) is 4.74 Å². The molecule has 2 N–H and O–H groups in total. The third kappa shape index (κ3) is 4.17. The van der Waals surface area contributed by atoms with Gasteiger partial charge in [0.25, 0.3) is 0 Å². The van der Waals surface area contributed by atoms with Gasteiger partial charge < -0.3 is 15.4 Å². The highest BCUT2D eigenvalue weighted by Crippen LogP contribution is 2.16. The van der Waals surface area contributed by atoms with E-state index in [1.54, 1.807) is 31.4 Å². The van der Waals surface area contributed by atoms with E-state index < -0.39 is 11.6 Å². The summed E-state index contributed by atoms with van der Waals surface area (Å²) in [7, 11) is 1.55. The molecule has 1 amide bonds. The molecule has 0 radical (unpaired) electrons. The van der Waals surface area contributed by atoms with Gasteiger partial charge in [0, 0.05) is 11.8 Å². The van der Waals surface area contributed by atoms with Crippen LogP contribution in [0.5, 0.6) is 5.75 Å². The van der Waals surface area contributed by atoms with Crippen LogP contribution < -0.4 is 15.4 Å². The molecule has 0 bridgehead atoms.